The summed E-state index contributed by atoms with van der Waals surface area (Å²) in [5.41, 5.74) is 0. The molecule has 0 saturated carbocycles. The van der Waals surface area contributed by atoms with E-state index in [0.717, 1.165) is 12.8 Å². The predicted molar refractivity (Wildman–Crippen MR) is 105 cm³/mol. The Labute approximate surface area is 154 Å². The van der Waals surface area contributed by atoms with Crippen LogP contribution in [0.25, 0.3) is 0 Å². The van der Waals surface area contributed by atoms with Crippen LogP contribution >= 0.6 is 45.9 Å². The number of ether oxygens (including phenoxy) is 1. The van der Waals surface area contributed by atoms with E-state index in [9.17, 15) is 4.79 Å². The number of carbonyl (C=O) groups is 1. The largest absolute Gasteiger partial charge is 0.460 e. The molecule has 0 aliphatic heterocycles. The van der Waals surface area contributed by atoms with Crippen molar-refractivity contribution in [3.8, 4) is 0 Å². The van der Waals surface area contributed by atoms with Crippen LogP contribution in [0.3, 0.4) is 0 Å². The first-order valence-corrected chi connectivity index (χ1v) is 16.7. The van der Waals surface area contributed by atoms with Crippen molar-refractivity contribution in [1.82, 2.24) is 0 Å². The standard InChI is InChI=1S/C15H27Br3O2Si/c1-3-15(19)20-14(2)12-10-8-6-4-5-7-9-11-13-21(16,17)18/h3,14H,1,4-13H2,2H3. The molecule has 0 heterocycles. The molecular formula is C15H27Br3O2Si. The molecule has 0 radical (unpaired) electrons. The molecule has 0 amide bonds. The minimum atomic E-state index is -1.37. The number of hydrogen-bond donors (Lipinski definition) is 0. The number of unbranched alkanes of at least 4 members (excludes halogenated alkanes) is 7. The van der Waals surface area contributed by atoms with E-state index in [1.807, 2.05) is 6.92 Å². The highest BCUT2D eigenvalue weighted by Crippen LogP contribution is 2.33. The SMILES string of the molecule is C=CC(=O)OC(C)CCCCCCCCCC[Si](Br)(Br)Br. The lowest BCUT2D eigenvalue weighted by atomic mass is 10.1. The second kappa shape index (κ2) is 13.3. The Bertz CT molecular complexity index is 293. The van der Waals surface area contributed by atoms with E-state index in [1.54, 1.807) is 0 Å². The average Bonchev–Trinajstić information content (AvgIpc) is 2.39. The van der Waals surface area contributed by atoms with E-state index in [0.29, 0.717) is 0 Å². The fourth-order valence-electron chi connectivity index (χ4n) is 2.12. The first-order valence-electron chi connectivity index (χ1n) is 7.75. The number of rotatable bonds is 13. The zero-order chi connectivity index (χ0) is 16.1. The molecule has 1 atom stereocenters. The van der Waals surface area contributed by atoms with E-state index in [4.69, 9.17) is 4.74 Å². The van der Waals surface area contributed by atoms with E-state index in [1.165, 1.54) is 57.1 Å². The van der Waals surface area contributed by atoms with E-state index >= 15 is 0 Å². The number of esters is 1. The highest BCUT2D eigenvalue weighted by molar-refractivity contribution is 9.72. The minimum Gasteiger partial charge on any atom is -0.460 e. The number of carbonyl (C=O) groups excluding carboxylic acids is 1. The molecular weight excluding hydrogens is 480 g/mol. The monoisotopic (exact) mass is 504 g/mol. The summed E-state index contributed by atoms with van der Waals surface area (Å²) in [7, 11) is 0. The molecule has 0 bridgehead atoms. The topological polar surface area (TPSA) is 26.3 Å². The molecule has 0 aromatic rings. The van der Waals surface area contributed by atoms with Gasteiger partial charge in [0.15, 0.2) is 0 Å². The maximum absolute atomic E-state index is 11.0. The maximum atomic E-state index is 11.0. The molecule has 21 heavy (non-hydrogen) atoms. The third kappa shape index (κ3) is 17.1. The Morgan fingerprint density at radius 3 is 2.00 bits per heavy atom. The quantitative estimate of drug-likeness (QED) is 0.0908. The van der Waals surface area contributed by atoms with Gasteiger partial charge in [0, 0.05) is 6.08 Å². The zero-order valence-electron chi connectivity index (χ0n) is 12.9. The van der Waals surface area contributed by atoms with Crippen LogP contribution in [0.2, 0.25) is 6.04 Å². The minimum absolute atomic E-state index is 0.0117. The van der Waals surface area contributed by atoms with Crippen LogP contribution in [-0.2, 0) is 9.53 Å². The van der Waals surface area contributed by atoms with Gasteiger partial charge in [0.25, 0.3) is 3.93 Å². The molecule has 0 aliphatic carbocycles. The van der Waals surface area contributed by atoms with Crippen molar-refractivity contribution in [3.05, 3.63) is 12.7 Å². The molecule has 0 aliphatic rings. The van der Waals surface area contributed by atoms with Gasteiger partial charge in [-0.15, -0.1) is 0 Å². The second-order valence-corrected chi connectivity index (χ2v) is 28.9. The van der Waals surface area contributed by atoms with Gasteiger partial charge in [-0.1, -0.05) is 97.4 Å². The van der Waals surface area contributed by atoms with Gasteiger partial charge in [0.2, 0.25) is 0 Å². The lowest BCUT2D eigenvalue weighted by molar-refractivity contribution is -0.142. The smallest absolute Gasteiger partial charge is 0.330 e. The molecule has 0 fully saturated rings. The van der Waals surface area contributed by atoms with Gasteiger partial charge in [0.05, 0.1) is 6.10 Å². The number of hydrogen-bond acceptors (Lipinski definition) is 2. The summed E-state index contributed by atoms with van der Waals surface area (Å²) < 4.78 is 3.76. The summed E-state index contributed by atoms with van der Waals surface area (Å²) in [6, 6.07) is 1.23. The Kier molecular flexibility index (Phi) is 13.9. The summed E-state index contributed by atoms with van der Waals surface area (Å²) in [5.74, 6) is -0.315. The van der Waals surface area contributed by atoms with Gasteiger partial charge in [-0.3, -0.25) is 0 Å². The lowest BCUT2D eigenvalue weighted by Crippen LogP contribution is -2.12. The van der Waals surface area contributed by atoms with Gasteiger partial charge in [-0.05, 0) is 25.8 Å². The first-order chi connectivity index (χ1) is 9.85. The van der Waals surface area contributed by atoms with Crippen molar-refractivity contribution < 1.29 is 9.53 Å². The van der Waals surface area contributed by atoms with Crippen LogP contribution in [-0.4, -0.2) is 16.0 Å². The maximum Gasteiger partial charge on any atom is 0.330 e. The van der Waals surface area contributed by atoms with Crippen molar-refractivity contribution >= 4 is 55.8 Å². The van der Waals surface area contributed by atoms with Crippen LogP contribution in [0.15, 0.2) is 12.7 Å². The van der Waals surface area contributed by atoms with E-state index < -0.39 is 3.93 Å². The molecule has 1 unspecified atom stereocenters. The second-order valence-electron chi connectivity index (χ2n) is 5.43. The molecule has 6 heteroatoms. The third-order valence-corrected chi connectivity index (χ3v) is 7.79. The van der Waals surface area contributed by atoms with Crippen molar-refractivity contribution in [2.75, 3.05) is 0 Å². The number of halogens is 3. The molecule has 124 valence electrons. The Morgan fingerprint density at radius 2 is 1.52 bits per heavy atom. The van der Waals surface area contributed by atoms with E-state index in [2.05, 4.69) is 52.5 Å². The van der Waals surface area contributed by atoms with Gasteiger partial charge < -0.3 is 4.74 Å². The average molecular weight is 507 g/mol. The van der Waals surface area contributed by atoms with Crippen LogP contribution in [0.5, 0.6) is 0 Å². The predicted octanol–water partition coefficient (Wildman–Crippen LogP) is 6.74. The lowest BCUT2D eigenvalue weighted by Gasteiger charge is -2.11. The molecule has 0 saturated heterocycles. The van der Waals surface area contributed by atoms with Crippen molar-refractivity contribution in [3.63, 3.8) is 0 Å². The third-order valence-electron chi connectivity index (χ3n) is 3.30. The molecule has 2 nitrogen and oxygen atoms in total. The summed E-state index contributed by atoms with van der Waals surface area (Å²) in [4.78, 5) is 11.0. The van der Waals surface area contributed by atoms with Crippen LogP contribution in [0, 0.1) is 0 Å². The van der Waals surface area contributed by atoms with Crippen molar-refractivity contribution in [1.29, 1.82) is 0 Å². The van der Waals surface area contributed by atoms with Gasteiger partial charge >= 0.3 is 5.97 Å². The first kappa shape index (κ1) is 21.9. The fourth-order valence-corrected chi connectivity index (χ4v) is 5.30. The fraction of sp³-hybridized carbons (Fsp3) is 0.800. The van der Waals surface area contributed by atoms with Gasteiger partial charge in [-0.2, -0.15) is 0 Å². The van der Waals surface area contributed by atoms with Gasteiger partial charge in [0.1, 0.15) is 0 Å². The zero-order valence-corrected chi connectivity index (χ0v) is 18.6. The normalized spacial score (nSPS) is 13.0. The summed E-state index contributed by atoms with van der Waals surface area (Å²) >= 11 is 11.0. The van der Waals surface area contributed by atoms with Gasteiger partial charge in [-0.25, -0.2) is 4.79 Å². The highest BCUT2D eigenvalue weighted by atomic mass is 80.0. The van der Waals surface area contributed by atoms with E-state index in [-0.39, 0.29) is 12.1 Å². The van der Waals surface area contributed by atoms with Crippen molar-refractivity contribution in [2.24, 2.45) is 0 Å². The highest BCUT2D eigenvalue weighted by Gasteiger charge is 2.20. The summed E-state index contributed by atoms with van der Waals surface area (Å²) in [6.07, 6.45) is 12.5. The Morgan fingerprint density at radius 1 is 1.05 bits per heavy atom. The van der Waals surface area contributed by atoms with Crippen molar-refractivity contribution in [2.45, 2.75) is 76.9 Å². The molecule has 0 spiro atoms. The van der Waals surface area contributed by atoms with Crippen LogP contribution in [0.4, 0.5) is 0 Å². The molecule has 0 N–H and O–H groups in total. The Hall–Kier alpha value is 0.867. The van der Waals surface area contributed by atoms with Crippen LogP contribution in [0.1, 0.15) is 64.7 Å². The van der Waals surface area contributed by atoms with Crippen LogP contribution < -0.4 is 0 Å². The summed E-state index contributed by atoms with van der Waals surface area (Å²) in [6.45, 7) is 5.34. The molecule has 0 aromatic carbocycles. The molecule has 0 aromatic heterocycles. The molecule has 0 rings (SSSR count). The Balaban J connectivity index is 3.26. The summed E-state index contributed by atoms with van der Waals surface area (Å²) in [5, 5.41) is 0.